The van der Waals surface area contributed by atoms with Gasteiger partial charge in [0, 0.05) is 17.6 Å². The second-order valence-electron chi connectivity index (χ2n) is 6.25. The molecule has 3 aromatic rings. The van der Waals surface area contributed by atoms with Gasteiger partial charge in [-0.25, -0.2) is 13.2 Å². The average Bonchev–Trinajstić information content (AvgIpc) is 3.05. The van der Waals surface area contributed by atoms with Gasteiger partial charge in [-0.1, -0.05) is 23.8 Å². The molecule has 0 unspecified atom stereocenters. The monoisotopic (exact) mass is 410 g/mol. The molecule has 3 N–H and O–H groups in total. The standard InChI is InChI=1S/C20H18N4O4S/c1-13-6-8-15(9-7-13)23-29(26,27)17-5-3-4-16(10-17)24-12-14(11-21)18(22)19(24)20(25)28-2/h3-10,12,23H,22H2,1-2H3. The van der Waals surface area contributed by atoms with E-state index in [0.29, 0.717) is 11.4 Å². The Bertz CT molecular complexity index is 1220. The van der Waals surface area contributed by atoms with Gasteiger partial charge in [0.2, 0.25) is 0 Å². The number of esters is 1. The molecule has 0 atom stereocenters. The van der Waals surface area contributed by atoms with Gasteiger partial charge < -0.3 is 15.0 Å². The van der Waals surface area contributed by atoms with E-state index < -0.39 is 16.0 Å². The number of anilines is 2. The van der Waals surface area contributed by atoms with Crippen molar-refractivity contribution in [3.05, 3.63) is 71.5 Å². The van der Waals surface area contributed by atoms with Gasteiger partial charge in [0.05, 0.1) is 23.3 Å². The highest BCUT2D eigenvalue weighted by Crippen LogP contribution is 2.26. The molecule has 148 valence electrons. The van der Waals surface area contributed by atoms with Crippen molar-refractivity contribution in [3.63, 3.8) is 0 Å². The van der Waals surface area contributed by atoms with Gasteiger partial charge in [-0.15, -0.1) is 0 Å². The number of rotatable bonds is 5. The highest BCUT2D eigenvalue weighted by Gasteiger charge is 2.23. The summed E-state index contributed by atoms with van der Waals surface area (Å²) in [5.41, 5.74) is 7.65. The van der Waals surface area contributed by atoms with Crippen molar-refractivity contribution < 1.29 is 17.9 Å². The van der Waals surface area contributed by atoms with E-state index in [1.165, 1.54) is 36.1 Å². The lowest BCUT2D eigenvalue weighted by Crippen LogP contribution is -2.14. The summed E-state index contributed by atoms with van der Waals surface area (Å²) in [6.07, 6.45) is 1.36. The van der Waals surface area contributed by atoms with Crippen molar-refractivity contribution in [2.45, 2.75) is 11.8 Å². The maximum absolute atomic E-state index is 12.8. The van der Waals surface area contributed by atoms with Crippen LogP contribution in [0.1, 0.15) is 21.6 Å². The summed E-state index contributed by atoms with van der Waals surface area (Å²) in [5, 5.41) is 9.22. The van der Waals surface area contributed by atoms with Crippen LogP contribution < -0.4 is 10.5 Å². The van der Waals surface area contributed by atoms with Crippen molar-refractivity contribution in [2.75, 3.05) is 17.6 Å². The van der Waals surface area contributed by atoms with Crippen LogP contribution in [0.4, 0.5) is 11.4 Å². The third kappa shape index (κ3) is 3.93. The molecule has 0 saturated carbocycles. The van der Waals surface area contributed by atoms with Crippen LogP contribution >= 0.6 is 0 Å². The molecule has 3 rings (SSSR count). The number of nitrogens with two attached hydrogens (primary N) is 1. The summed E-state index contributed by atoms with van der Waals surface area (Å²) in [6.45, 7) is 1.90. The minimum absolute atomic E-state index is 0.0165. The number of nitrogens with zero attached hydrogens (tertiary/aromatic N) is 2. The Morgan fingerprint density at radius 3 is 2.52 bits per heavy atom. The Balaban J connectivity index is 2.05. The summed E-state index contributed by atoms with van der Waals surface area (Å²) in [6, 6.07) is 14.8. The molecule has 0 fully saturated rings. The van der Waals surface area contributed by atoms with Crippen LogP contribution in [0.15, 0.2) is 59.6 Å². The van der Waals surface area contributed by atoms with Crippen molar-refractivity contribution in [1.29, 1.82) is 5.26 Å². The van der Waals surface area contributed by atoms with Gasteiger partial charge in [-0.3, -0.25) is 4.72 Å². The molecule has 2 aromatic carbocycles. The largest absolute Gasteiger partial charge is 0.464 e. The highest BCUT2D eigenvalue weighted by atomic mass is 32.2. The molecule has 0 bridgehead atoms. The molecule has 29 heavy (non-hydrogen) atoms. The number of aromatic nitrogens is 1. The van der Waals surface area contributed by atoms with Crippen LogP contribution in [0, 0.1) is 18.3 Å². The number of nitriles is 1. The number of hydrogen-bond acceptors (Lipinski definition) is 6. The number of hydrogen-bond donors (Lipinski definition) is 2. The fourth-order valence-electron chi connectivity index (χ4n) is 2.75. The fraction of sp³-hybridized carbons (Fsp3) is 0.100. The Morgan fingerprint density at radius 2 is 1.90 bits per heavy atom. The van der Waals surface area contributed by atoms with E-state index in [9.17, 15) is 18.5 Å². The zero-order valence-electron chi connectivity index (χ0n) is 15.7. The van der Waals surface area contributed by atoms with Gasteiger partial charge in [0.1, 0.15) is 6.07 Å². The Hall–Kier alpha value is -3.77. The zero-order valence-corrected chi connectivity index (χ0v) is 16.5. The molecule has 0 aliphatic heterocycles. The molecule has 9 heteroatoms. The number of nitrogens with one attached hydrogen (secondary N) is 1. The summed E-state index contributed by atoms with van der Waals surface area (Å²) in [4.78, 5) is 12.1. The van der Waals surface area contributed by atoms with Crippen LogP contribution in [-0.2, 0) is 14.8 Å². The molecule has 1 heterocycles. The van der Waals surface area contributed by atoms with E-state index in [1.807, 2.05) is 13.0 Å². The molecular weight excluding hydrogens is 392 g/mol. The van der Waals surface area contributed by atoms with Crippen LogP contribution in [-0.4, -0.2) is 26.1 Å². The molecular formula is C20H18N4O4S. The van der Waals surface area contributed by atoms with Crippen LogP contribution in [0.25, 0.3) is 5.69 Å². The number of sulfonamides is 1. The highest BCUT2D eigenvalue weighted by molar-refractivity contribution is 7.92. The normalized spacial score (nSPS) is 10.9. The third-order valence-corrected chi connectivity index (χ3v) is 5.63. The number of benzene rings is 2. The van der Waals surface area contributed by atoms with Crippen molar-refractivity contribution in [3.8, 4) is 11.8 Å². The topological polar surface area (TPSA) is 127 Å². The van der Waals surface area contributed by atoms with Crippen LogP contribution in [0.2, 0.25) is 0 Å². The first-order valence-corrected chi connectivity index (χ1v) is 9.94. The lowest BCUT2D eigenvalue weighted by atomic mass is 10.2. The summed E-state index contributed by atoms with van der Waals surface area (Å²) >= 11 is 0. The molecule has 1 aromatic heterocycles. The zero-order chi connectivity index (χ0) is 21.2. The lowest BCUT2D eigenvalue weighted by molar-refractivity contribution is 0.0593. The van der Waals surface area contributed by atoms with Gasteiger partial charge in [0.25, 0.3) is 10.0 Å². The minimum Gasteiger partial charge on any atom is -0.464 e. The number of carbonyl (C=O) groups is 1. The SMILES string of the molecule is COC(=O)c1c(N)c(C#N)cn1-c1cccc(S(=O)(=O)Nc2ccc(C)cc2)c1. The van der Waals surface area contributed by atoms with E-state index in [-0.39, 0.29) is 21.8 Å². The number of aryl methyl sites for hydroxylation is 1. The summed E-state index contributed by atoms with van der Waals surface area (Å²) < 4.78 is 34.2. The second-order valence-corrected chi connectivity index (χ2v) is 7.93. The van der Waals surface area contributed by atoms with Gasteiger partial charge in [-0.05, 0) is 37.3 Å². The number of carbonyl (C=O) groups excluding carboxylic acids is 1. The molecule has 0 saturated heterocycles. The fourth-order valence-corrected chi connectivity index (χ4v) is 3.85. The Labute approximate surface area is 168 Å². The first kappa shape index (κ1) is 20.0. The van der Waals surface area contributed by atoms with E-state index in [4.69, 9.17) is 10.5 Å². The van der Waals surface area contributed by atoms with Crippen LogP contribution in [0.5, 0.6) is 0 Å². The molecule has 0 aliphatic rings. The second kappa shape index (κ2) is 7.69. The van der Waals surface area contributed by atoms with E-state index >= 15 is 0 Å². The van der Waals surface area contributed by atoms with Gasteiger partial charge in [-0.2, -0.15) is 5.26 Å². The number of ether oxygens (including phenoxy) is 1. The Morgan fingerprint density at radius 1 is 1.21 bits per heavy atom. The molecule has 0 aliphatic carbocycles. The molecule has 0 amide bonds. The lowest BCUT2D eigenvalue weighted by Gasteiger charge is -2.12. The van der Waals surface area contributed by atoms with E-state index in [0.717, 1.165) is 5.56 Å². The maximum atomic E-state index is 12.8. The minimum atomic E-state index is -3.88. The third-order valence-electron chi connectivity index (χ3n) is 4.25. The summed E-state index contributed by atoms with van der Waals surface area (Å²) in [5.74, 6) is -0.741. The predicted octanol–water partition coefficient (Wildman–Crippen LogP) is 2.83. The van der Waals surface area contributed by atoms with Crippen molar-refractivity contribution in [1.82, 2.24) is 4.57 Å². The smallest absolute Gasteiger partial charge is 0.357 e. The number of methoxy groups -OCH3 is 1. The quantitative estimate of drug-likeness (QED) is 0.623. The molecule has 0 radical (unpaired) electrons. The number of nitrogen functional groups attached to an aromatic ring is 1. The van der Waals surface area contributed by atoms with E-state index in [1.54, 1.807) is 30.3 Å². The maximum Gasteiger partial charge on any atom is 0.357 e. The first-order chi connectivity index (χ1) is 13.8. The molecule has 8 nitrogen and oxygen atoms in total. The van der Waals surface area contributed by atoms with Crippen LogP contribution in [0.3, 0.4) is 0 Å². The van der Waals surface area contributed by atoms with Gasteiger partial charge in [0.15, 0.2) is 5.69 Å². The average molecular weight is 410 g/mol. The van der Waals surface area contributed by atoms with Crippen molar-refractivity contribution >= 4 is 27.4 Å². The predicted molar refractivity (Wildman–Crippen MR) is 108 cm³/mol. The van der Waals surface area contributed by atoms with Gasteiger partial charge >= 0.3 is 5.97 Å². The van der Waals surface area contributed by atoms with E-state index in [2.05, 4.69) is 4.72 Å². The molecule has 0 spiro atoms. The first-order valence-electron chi connectivity index (χ1n) is 8.46. The summed E-state index contributed by atoms with van der Waals surface area (Å²) in [7, 11) is -2.69. The van der Waals surface area contributed by atoms with Crippen molar-refractivity contribution in [2.24, 2.45) is 0 Å². The Kier molecular flexibility index (Phi) is 5.30.